The SMILES string of the molecule is CCC(C)C1CNC(C2CC2)CN1CCC1CC1. The van der Waals surface area contributed by atoms with Crippen molar-refractivity contribution in [1.82, 2.24) is 10.2 Å². The van der Waals surface area contributed by atoms with Gasteiger partial charge in [-0.3, -0.25) is 4.90 Å². The maximum absolute atomic E-state index is 3.84. The van der Waals surface area contributed by atoms with E-state index in [1.165, 1.54) is 58.2 Å². The van der Waals surface area contributed by atoms with E-state index in [-0.39, 0.29) is 0 Å². The molecule has 0 spiro atoms. The van der Waals surface area contributed by atoms with Crippen LogP contribution in [0.25, 0.3) is 0 Å². The van der Waals surface area contributed by atoms with E-state index in [1.807, 2.05) is 0 Å². The van der Waals surface area contributed by atoms with E-state index in [9.17, 15) is 0 Å². The first-order chi connectivity index (χ1) is 8.78. The van der Waals surface area contributed by atoms with E-state index in [0.29, 0.717) is 0 Å². The summed E-state index contributed by atoms with van der Waals surface area (Å²) in [6, 6.07) is 1.60. The van der Waals surface area contributed by atoms with Gasteiger partial charge >= 0.3 is 0 Å². The van der Waals surface area contributed by atoms with Crippen LogP contribution in [0.4, 0.5) is 0 Å². The maximum Gasteiger partial charge on any atom is 0.0246 e. The summed E-state index contributed by atoms with van der Waals surface area (Å²) in [6.07, 6.45) is 8.74. The molecular weight excluding hydrogens is 220 g/mol. The van der Waals surface area contributed by atoms with Gasteiger partial charge in [0.15, 0.2) is 0 Å². The smallest absolute Gasteiger partial charge is 0.0246 e. The van der Waals surface area contributed by atoms with Gasteiger partial charge in [-0.05, 0) is 43.6 Å². The highest BCUT2D eigenvalue weighted by molar-refractivity contribution is 4.95. The average Bonchev–Trinajstić information content (AvgIpc) is 3.28. The Morgan fingerprint density at radius 1 is 1.22 bits per heavy atom. The summed E-state index contributed by atoms with van der Waals surface area (Å²) >= 11 is 0. The molecule has 104 valence electrons. The van der Waals surface area contributed by atoms with Gasteiger partial charge in [-0.15, -0.1) is 0 Å². The Hall–Kier alpha value is -0.0800. The van der Waals surface area contributed by atoms with Crippen LogP contribution in [0, 0.1) is 17.8 Å². The lowest BCUT2D eigenvalue weighted by Gasteiger charge is -2.43. The van der Waals surface area contributed by atoms with Crippen molar-refractivity contribution in [2.45, 2.75) is 64.5 Å². The summed E-state index contributed by atoms with van der Waals surface area (Å²) < 4.78 is 0. The number of hydrogen-bond donors (Lipinski definition) is 1. The average molecular weight is 250 g/mol. The number of rotatable bonds is 6. The van der Waals surface area contributed by atoms with Crippen LogP contribution in [0.5, 0.6) is 0 Å². The molecular formula is C16H30N2. The molecule has 3 atom stereocenters. The van der Waals surface area contributed by atoms with Crippen LogP contribution in [0.2, 0.25) is 0 Å². The molecule has 2 saturated carbocycles. The summed E-state index contributed by atoms with van der Waals surface area (Å²) in [6.45, 7) is 8.71. The molecule has 0 aromatic carbocycles. The van der Waals surface area contributed by atoms with Crippen LogP contribution in [0.15, 0.2) is 0 Å². The number of nitrogens with zero attached hydrogens (tertiary/aromatic N) is 1. The molecule has 3 aliphatic rings. The standard InChI is InChI=1S/C16H30N2/c1-3-12(2)16-10-17-15(14-6-7-14)11-18(16)9-8-13-4-5-13/h12-17H,3-11H2,1-2H3. The van der Waals surface area contributed by atoms with E-state index in [1.54, 1.807) is 0 Å². The van der Waals surface area contributed by atoms with Crippen LogP contribution in [-0.2, 0) is 0 Å². The topological polar surface area (TPSA) is 15.3 Å². The van der Waals surface area contributed by atoms with Gasteiger partial charge in [0.1, 0.15) is 0 Å². The first kappa shape index (κ1) is 12.9. The number of nitrogens with one attached hydrogen (secondary N) is 1. The molecule has 0 aromatic rings. The highest BCUT2D eigenvalue weighted by Crippen LogP contribution is 2.36. The molecule has 1 aliphatic heterocycles. The van der Waals surface area contributed by atoms with E-state index in [0.717, 1.165) is 29.8 Å². The van der Waals surface area contributed by atoms with Crippen LogP contribution in [0.1, 0.15) is 52.4 Å². The zero-order valence-electron chi connectivity index (χ0n) is 12.2. The third-order valence-corrected chi connectivity index (χ3v) is 5.50. The van der Waals surface area contributed by atoms with E-state index in [2.05, 4.69) is 24.1 Å². The van der Waals surface area contributed by atoms with Crippen molar-refractivity contribution >= 4 is 0 Å². The summed E-state index contributed by atoms with van der Waals surface area (Å²) in [4.78, 5) is 2.84. The quantitative estimate of drug-likeness (QED) is 0.780. The van der Waals surface area contributed by atoms with Crippen molar-refractivity contribution in [2.24, 2.45) is 17.8 Å². The zero-order chi connectivity index (χ0) is 12.5. The van der Waals surface area contributed by atoms with Crippen molar-refractivity contribution < 1.29 is 0 Å². The van der Waals surface area contributed by atoms with Crippen LogP contribution in [-0.4, -0.2) is 36.6 Å². The fourth-order valence-electron chi connectivity index (χ4n) is 3.51. The molecule has 0 bridgehead atoms. The lowest BCUT2D eigenvalue weighted by Crippen LogP contribution is -2.59. The minimum Gasteiger partial charge on any atom is -0.311 e. The first-order valence-electron chi connectivity index (χ1n) is 8.25. The normalized spacial score (nSPS) is 35.7. The van der Waals surface area contributed by atoms with Crippen molar-refractivity contribution in [2.75, 3.05) is 19.6 Å². The van der Waals surface area contributed by atoms with E-state index in [4.69, 9.17) is 0 Å². The summed E-state index contributed by atoms with van der Waals surface area (Å²) in [5, 5.41) is 3.84. The maximum atomic E-state index is 3.84. The van der Waals surface area contributed by atoms with Crippen molar-refractivity contribution in [3.05, 3.63) is 0 Å². The van der Waals surface area contributed by atoms with Gasteiger partial charge in [0.2, 0.25) is 0 Å². The van der Waals surface area contributed by atoms with Crippen molar-refractivity contribution in [3.63, 3.8) is 0 Å². The second-order valence-electron chi connectivity index (χ2n) is 7.03. The molecule has 3 fully saturated rings. The molecule has 2 nitrogen and oxygen atoms in total. The first-order valence-corrected chi connectivity index (χ1v) is 8.25. The zero-order valence-corrected chi connectivity index (χ0v) is 12.2. The lowest BCUT2D eigenvalue weighted by molar-refractivity contribution is 0.0830. The van der Waals surface area contributed by atoms with Crippen LogP contribution in [0.3, 0.4) is 0 Å². The molecule has 0 amide bonds. The molecule has 3 rings (SSSR count). The molecule has 1 saturated heterocycles. The van der Waals surface area contributed by atoms with Crippen molar-refractivity contribution in [1.29, 1.82) is 0 Å². The van der Waals surface area contributed by atoms with Gasteiger partial charge in [-0.1, -0.05) is 33.1 Å². The predicted molar refractivity (Wildman–Crippen MR) is 76.7 cm³/mol. The van der Waals surface area contributed by atoms with Gasteiger partial charge in [0.05, 0.1) is 0 Å². The lowest BCUT2D eigenvalue weighted by atomic mass is 9.93. The third kappa shape index (κ3) is 3.08. The number of piperazine rings is 1. The summed E-state index contributed by atoms with van der Waals surface area (Å²) in [5.74, 6) is 2.93. The molecule has 18 heavy (non-hydrogen) atoms. The molecule has 2 aliphatic carbocycles. The fraction of sp³-hybridized carbons (Fsp3) is 1.00. The van der Waals surface area contributed by atoms with Gasteiger partial charge in [-0.25, -0.2) is 0 Å². The Balaban J connectivity index is 1.56. The minimum atomic E-state index is 0.795. The Labute approximate surface area is 113 Å². The number of hydrogen-bond acceptors (Lipinski definition) is 2. The van der Waals surface area contributed by atoms with Gasteiger partial charge in [0.25, 0.3) is 0 Å². The van der Waals surface area contributed by atoms with E-state index < -0.39 is 0 Å². The molecule has 1 heterocycles. The largest absolute Gasteiger partial charge is 0.311 e. The molecule has 0 aromatic heterocycles. The van der Waals surface area contributed by atoms with Crippen molar-refractivity contribution in [3.8, 4) is 0 Å². The van der Waals surface area contributed by atoms with Crippen LogP contribution < -0.4 is 5.32 Å². The Kier molecular flexibility index (Phi) is 3.95. The molecule has 1 N–H and O–H groups in total. The molecule has 3 unspecified atom stereocenters. The Morgan fingerprint density at radius 2 is 2.00 bits per heavy atom. The minimum absolute atomic E-state index is 0.795. The van der Waals surface area contributed by atoms with Gasteiger partial charge in [-0.2, -0.15) is 0 Å². The third-order valence-electron chi connectivity index (χ3n) is 5.50. The fourth-order valence-corrected chi connectivity index (χ4v) is 3.51. The second-order valence-corrected chi connectivity index (χ2v) is 7.03. The molecule has 2 heteroatoms. The predicted octanol–water partition coefficient (Wildman–Crippen LogP) is 2.89. The summed E-state index contributed by atoms with van der Waals surface area (Å²) in [5.41, 5.74) is 0. The van der Waals surface area contributed by atoms with Gasteiger partial charge in [0, 0.05) is 25.2 Å². The second kappa shape index (κ2) is 5.50. The highest BCUT2D eigenvalue weighted by Gasteiger charge is 2.38. The Bertz CT molecular complexity index is 270. The summed E-state index contributed by atoms with van der Waals surface area (Å²) in [7, 11) is 0. The Morgan fingerprint density at radius 3 is 2.61 bits per heavy atom. The highest BCUT2D eigenvalue weighted by atomic mass is 15.2. The van der Waals surface area contributed by atoms with Crippen LogP contribution >= 0.6 is 0 Å². The monoisotopic (exact) mass is 250 g/mol. The molecule has 0 radical (unpaired) electrons. The van der Waals surface area contributed by atoms with E-state index >= 15 is 0 Å². The van der Waals surface area contributed by atoms with Gasteiger partial charge < -0.3 is 5.32 Å².